The fourth-order valence-electron chi connectivity index (χ4n) is 1.58. The summed E-state index contributed by atoms with van der Waals surface area (Å²) in [5, 5.41) is -0.0654. The zero-order chi connectivity index (χ0) is 12.4. The van der Waals surface area contributed by atoms with Crippen molar-refractivity contribution in [1.82, 2.24) is 0 Å². The number of alkyl halides is 1. The third kappa shape index (κ3) is 3.25. The second kappa shape index (κ2) is 6.04. The van der Waals surface area contributed by atoms with Gasteiger partial charge in [-0.1, -0.05) is 22.9 Å². The summed E-state index contributed by atoms with van der Waals surface area (Å²) in [6.45, 7) is 2.17. The Morgan fingerprint density at radius 3 is 2.76 bits per heavy atom. The van der Waals surface area contributed by atoms with E-state index in [0.29, 0.717) is 0 Å². The van der Waals surface area contributed by atoms with Crippen LogP contribution < -0.4 is 0 Å². The van der Waals surface area contributed by atoms with Crippen LogP contribution in [0.15, 0.2) is 34.8 Å². The molecule has 0 bridgehead atoms. The maximum atomic E-state index is 6.56. The van der Waals surface area contributed by atoms with E-state index >= 15 is 0 Å². The Morgan fingerprint density at radius 1 is 1.35 bits per heavy atom. The maximum Gasteiger partial charge on any atom is 0.0939 e. The zero-order valence-electron chi connectivity index (χ0n) is 9.21. The summed E-state index contributed by atoms with van der Waals surface area (Å²) in [6, 6.07) is 10.6. The van der Waals surface area contributed by atoms with E-state index in [0.717, 1.165) is 16.5 Å². The van der Waals surface area contributed by atoms with Gasteiger partial charge in [0.15, 0.2) is 0 Å². The van der Waals surface area contributed by atoms with Gasteiger partial charge in [0.2, 0.25) is 0 Å². The van der Waals surface area contributed by atoms with Crippen molar-refractivity contribution in [2.45, 2.75) is 18.7 Å². The van der Waals surface area contributed by atoms with Crippen molar-refractivity contribution in [3.05, 3.63) is 53.7 Å². The Balaban J connectivity index is 2.35. The van der Waals surface area contributed by atoms with Gasteiger partial charge in [0.25, 0.3) is 0 Å². The number of benzene rings is 1. The molecular formula is C13H11BrClIS. The van der Waals surface area contributed by atoms with E-state index < -0.39 is 0 Å². The van der Waals surface area contributed by atoms with Crippen LogP contribution in [0.2, 0.25) is 0 Å². The second-order valence-electron chi connectivity index (χ2n) is 3.69. The van der Waals surface area contributed by atoms with Crippen molar-refractivity contribution in [2.24, 2.45) is 0 Å². The molecule has 0 aliphatic heterocycles. The van der Waals surface area contributed by atoms with E-state index in [1.54, 1.807) is 11.3 Å². The highest BCUT2D eigenvalue weighted by Crippen LogP contribution is 2.37. The maximum absolute atomic E-state index is 6.56. The van der Waals surface area contributed by atoms with Crippen molar-refractivity contribution in [2.75, 3.05) is 0 Å². The minimum atomic E-state index is -0.0654. The molecule has 2 aromatic rings. The summed E-state index contributed by atoms with van der Waals surface area (Å²) in [5.74, 6) is 0. The average Bonchev–Trinajstić information content (AvgIpc) is 2.80. The molecule has 1 aromatic heterocycles. The Kier molecular flexibility index (Phi) is 4.92. The van der Waals surface area contributed by atoms with Crippen LogP contribution in [0.1, 0.15) is 27.6 Å². The standard InChI is InChI=1S/C13H11BrClIS/c1-2-9-4-6-12(17-9)13(15)10-7-8(16)3-5-11(10)14/h3-7,13H,2H2,1H3. The van der Waals surface area contributed by atoms with Gasteiger partial charge in [0.1, 0.15) is 0 Å². The van der Waals surface area contributed by atoms with Crippen LogP contribution in [0.5, 0.6) is 0 Å². The summed E-state index contributed by atoms with van der Waals surface area (Å²) in [7, 11) is 0. The van der Waals surface area contributed by atoms with Crippen LogP contribution in [0, 0.1) is 3.57 Å². The molecule has 0 spiro atoms. The van der Waals surface area contributed by atoms with Crippen LogP contribution in [-0.4, -0.2) is 0 Å². The van der Waals surface area contributed by atoms with Gasteiger partial charge in [-0.3, -0.25) is 0 Å². The van der Waals surface area contributed by atoms with Gasteiger partial charge in [-0.2, -0.15) is 0 Å². The number of halogens is 3. The van der Waals surface area contributed by atoms with Gasteiger partial charge in [-0.25, -0.2) is 0 Å². The number of hydrogen-bond donors (Lipinski definition) is 0. The molecule has 1 atom stereocenters. The molecule has 0 saturated carbocycles. The second-order valence-corrected chi connectivity index (χ2v) is 7.42. The van der Waals surface area contributed by atoms with Crippen molar-refractivity contribution in [3.8, 4) is 0 Å². The molecule has 0 aliphatic rings. The fourth-order valence-corrected chi connectivity index (χ4v) is 4.04. The molecule has 90 valence electrons. The normalized spacial score (nSPS) is 12.7. The number of thiophene rings is 1. The van der Waals surface area contributed by atoms with Crippen molar-refractivity contribution in [3.63, 3.8) is 0 Å². The topological polar surface area (TPSA) is 0 Å². The minimum absolute atomic E-state index is 0.0654. The van der Waals surface area contributed by atoms with Crippen LogP contribution in [-0.2, 0) is 6.42 Å². The highest BCUT2D eigenvalue weighted by atomic mass is 127. The molecule has 2 rings (SSSR count). The third-order valence-electron chi connectivity index (χ3n) is 2.51. The molecule has 4 heteroatoms. The molecule has 0 nitrogen and oxygen atoms in total. The molecule has 0 radical (unpaired) electrons. The highest BCUT2D eigenvalue weighted by Gasteiger charge is 2.16. The van der Waals surface area contributed by atoms with Crippen molar-refractivity contribution < 1.29 is 0 Å². The molecule has 0 N–H and O–H groups in total. The largest absolute Gasteiger partial charge is 0.143 e. The molecule has 0 amide bonds. The zero-order valence-corrected chi connectivity index (χ0v) is 14.5. The first-order valence-corrected chi connectivity index (χ1v) is 8.42. The lowest BCUT2D eigenvalue weighted by Gasteiger charge is -2.10. The monoisotopic (exact) mass is 440 g/mol. The predicted octanol–water partition coefficient (Wildman–Crippen LogP) is 6.01. The first-order valence-electron chi connectivity index (χ1n) is 5.29. The van der Waals surface area contributed by atoms with Gasteiger partial charge in [-0.05, 0) is 64.9 Å². The summed E-state index contributed by atoms with van der Waals surface area (Å²) in [6.07, 6.45) is 1.07. The van der Waals surface area contributed by atoms with Gasteiger partial charge >= 0.3 is 0 Å². The smallest absolute Gasteiger partial charge is 0.0939 e. The van der Waals surface area contributed by atoms with E-state index in [2.05, 4.69) is 75.8 Å². The Morgan fingerprint density at radius 2 is 2.12 bits per heavy atom. The molecule has 1 unspecified atom stereocenters. The molecule has 0 saturated heterocycles. The highest BCUT2D eigenvalue weighted by molar-refractivity contribution is 14.1. The summed E-state index contributed by atoms with van der Waals surface area (Å²) < 4.78 is 2.28. The molecule has 0 fully saturated rings. The first-order chi connectivity index (χ1) is 8.11. The van der Waals surface area contributed by atoms with Crippen LogP contribution in [0.4, 0.5) is 0 Å². The number of hydrogen-bond acceptors (Lipinski definition) is 1. The molecular weight excluding hydrogens is 430 g/mol. The van der Waals surface area contributed by atoms with E-state index in [-0.39, 0.29) is 5.38 Å². The average molecular weight is 442 g/mol. The van der Waals surface area contributed by atoms with E-state index in [4.69, 9.17) is 11.6 Å². The fraction of sp³-hybridized carbons (Fsp3) is 0.231. The Hall–Kier alpha value is 0.420. The van der Waals surface area contributed by atoms with Crippen LogP contribution in [0.3, 0.4) is 0 Å². The molecule has 1 heterocycles. The predicted molar refractivity (Wildman–Crippen MR) is 88.3 cm³/mol. The number of rotatable bonds is 3. The van der Waals surface area contributed by atoms with Gasteiger partial charge in [0, 0.05) is 17.8 Å². The molecule has 1 aromatic carbocycles. The summed E-state index contributed by atoms with van der Waals surface area (Å²) in [5.41, 5.74) is 1.14. The lowest BCUT2D eigenvalue weighted by Crippen LogP contribution is -1.92. The molecule has 17 heavy (non-hydrogen) atoms. The first kappa shape index (κ1) is 13.8. The summed E-state index contributed by atoms with van der Waals surface area (Å²) in [4.78, 5) is 2.60. The SMILES string of the molecule is CCc1ccc(C(Cl)c2cc(I)ccc2Br)s1. The van der Waals surface area contributed by atoms with Crippen molar-refractivity contribution >= 4 is 61.5 Å². The van der Waals surface area contributed by atoms with Crippen molar-refractivity contribution in [1.29, 1.82) is 0 Å². The lowest BCUT2D eigenvalue weighted by atomic mass is 10.1. The molecule has 0 aliphatic carbocycles. The van der Waals surface area contributed by atoms with Crippen LogP contribution >= 0.6 is 61.5 Å². The quantitative estimate of drug-likeness (QED) is 0.404. The summed E-state index contributed by atoms with van der Waals surface area (Å²) >= 11 is 14.2. The minimum Gasteiger partial charge on any atom is -0.143 e. The van der Waals surface area contributed by atoms with Gasteiger partial charge in [0.05, 0.1) is 5.38 Å². The van der Waals surface area contributed by atoms with Gasteiger partial charge < -0.3 is 0 Å². The van der Waals surface area contributed by atoms with E-state index in [1.807, 2.05) is 0 Å². The van der Waals surface area contributed by atoms with Gasteiger partial charge in [-0.15, -0.1) is 22.9 Å². The van der Waals surface area contributed by atoms with Crippen LogP contribution in [0.25, 0.3) is 0 Å². The van der Waals surface area contributed by atoms with E-state index in [1.165, 1.54) is 13.3 Å². The number of aryl methyl sites for hydroxylation is 1. The van der Waals surface area contributed by atoms with E-state index in [9.17, 15) is 0 Å². The Bertz CT molecular complexity index is 524. The third-order valence-corrected chi connectivity index (χ3v) is 5.80. The Labute approximate surface area is 133 Å². The lowest BCUT2D eigenvalue weighted by molar-refractivity contribution is 1.16.